The van der Waals surface area contributed by atoms with Crippen LogP contribution in [-0.4, -0.2) is 25.9 Å². The van der Waals surface area contributed by atoms with Gasteiger partial charge in [0, 0.05) is 0 Å². The normalized spacial score (nSPS) is 13.3. The zero-order valence-electron chi connectivity index (χ0n) is 14.7. The van der Waals surface area contributed by atoms with Crippen molar-refractivity contribution >= 4 is 0 Å². The summed E-state index contributed by atoms with van der Waals surface area (Å²) in [4.78, 5) is 0. The Morgan fingerprint density at radius 2 is 1.38 bits per heavy atom. The third-order valence-corrected chi connectivity index (χ3v) is 4.14. The molecule has 2 aromatic rings. The number of hydrogen-bond donors (Lipinski definition) is 2. The molecule has 2 rings (SSSR count). The monoisotopic (exact) mass is 329 g/mol. The molecular weight excluding hydrogens is 302 g/mol. The number of unbranched alkanes of at least 4 members (excludes halogenated alkanes) is 1. The lowest BCUT2D eigenvalue weighted by molar-refractivity contribution is 0.128. The highest BCUT2D eigenvalue weighted by Gasteiger charge is 2.22. The molecule has 2 N–H and O–H groups in total. The van der Waals surface area contributed by atoms with Crippen molar-refractivity contribution in [3.05, 3.63) is 59.7 Å². The standard InChI is InChI=1S/C20H27NO3/c1-4-5-14-21-19(15-6-10-17(23-2)11-7-15)20(22)16-8-12-18(24-3)13-9-16/h6-13,19-22H,4-5,14H2,1-3H3/t19-,20+/m0/s1. The summed E-state index contributed by atoms with van der Waals surface area (Å²) in [6.45, 7) is 3.02. The molecule has 0 spiro atoms. The maximum atomic E-state index is 10.9. The smallest absolute Gasteiger partial charge is 0.118 e. The Morgan fingerprint density at radius 3 is 1.83 bits per heavy atom. The Morgan fingerprint density at radius 1 is 0.875 bits per heavy atom. The van der Waals surface area contributed by atoms with Crippen LogP contribution >= 0.6 is 0 Å². The molecule has 2 aromatic carbocycles. The van der Waals surface area contributed by atoms with E-state index in [0.717, 1.165) is 42.0 Å². The van der Waals surface area contributed by atoms with E-state index < -0.39 is 6.10 Å². The third kappa shape index (κ3) is 4.73. The Bertz CT molecular complexity index is 595. The van der Waals surface area contributed by atoms with Gasteiger partial charge in [0.15, 0.2) is 0 Å². The molecule has 0 aliphatic heterocycles. The molecular formula is C20H27NO3. The molecule has 0 amide bonds. The van der Waals surface area contributed by atoms with E-state index in [1.165, 1.54) is 0 Å². The van der Waals surface area contributed by atoms with Gasteiger partial charge < -0.3 is 19.9 Å². The van der Waals surface area contributed by atoms with Gasteiger partial charge in [-0.25, -0.2) is 0 Å². The fourth-order valence-corrected chi connectivity index (χ4v) is 2.65. The quantitative estimate of drug-likeness (QED) is 0.686. The molecule has 0 aliphatic carbocycles. The van der Waals surface area contributed by atoms with Crippen molar-refractivity contribution in [1.82, 2.24) is 5.32 Å². The Labute approximate surface area is 144 Å². The molecule has 0 heterocycles. The molecule has 0 radical (unpaired) electrons. The number of methoxy groups -OCH3 is 2. The second kappa shape index (κ2) is 9.30. The van der Waals surface area contributed by atoms with Gasteiger partial charge in [-0.2, -0.15) is 0 Å². The number of benzene rings is 2. The summed E-state index contributed by atoms with van der Waals surface area (Å²) in [6.07, 6.45) is 1.55. The van der Waals surface area contributed by atoms with Gasteiger partial charge in [-0.1, -0.05) is 37.6 Å². The van der Waals surface area contributed by atoms with Gasteiger partial charge in [-0.05, 0) is 48.4 Å². The number of aliphatic hydroxyl groups is 1. The SMILES string of the molecule is CCCCN[C@@H](c1ccc(OC)cc1)[C@H](O)c1ccc(OC)cc1. The van der Waals surface area contributed by atoms with E-state index in [9.17, 15) is 5.11 Å². The topological polar surface area (TPSA) is 50.7 Å². The van der Waals surface area contributed by atoms with Crippen LogP contribution < -0.4 is 14.8 Å². The molecule has 24 heavy (non-hydrogen) atoms. The lowest BCUT2D eigenvalue weighted by Crippen LogP contribution is -2.28. The fraction of sp³-hybridized carbons (Fsp3) is 0.400. The van der Waals surface area contributed by atoms with Crippen molar-refractivity contribution in [2.75, 3.05) is 20.8 Å². The van der Waals surface area contributed by atoms with Crippen LogP contribution in [0.25, 0.3) is 0 Å². The second-order valence-electron chi connectivity index (χ2n) is 5.78. The minimum Gasteiger partial charge on any atom is -0.497 e. The minimum absolute atomic E-state index is 0.171. The predicted octanol–water partition coefficient (Wildman–Crippen LogP) is 3.87. The van der Waals surface area contributed by atoms with Crippen molar-refractivity contribution in [1.29, 1.82) is 0 Å². The first-order valence-corrected chi connectivity index (χ1v) is 8.39. The Kier molecular flexibility index (Phi) is 7.09. The molecule has 0 saturated heterocycles. The summed E-state index contributed by atoms with van der Waals surface area (Å²) in [5, 5.41) is 14.4. The molecule has 2 atom stereocenters. The van der Waals surface area contributed by atoms with Crippen LogP contribution in [0.15, 0.2) is 48.5 Å². The van der Waals surface area contributed by atoms with Gasteiger partial charge in [0.1, 0.15) is 11.5 Å². The van der Waals surface area contributed by atoms with E-state index >= 15 is 0 Å². The number of ether oxygens (including phenoxy) is 2. The largest absolute Gasteiger partial charge is 0.497 e. The fourth-order valence-electron chi connectivity index (χ4n) is 2.65. The molecule has 0 saturated carbocycles. The van der Waals surface area contributed by atoms with Crippen molar-refractivity contribution in [2.24, 2.45) is 0 Å². The maximum Gasteiger partial charge on any atom is 0.118 e. The van der Waals surface area contributed by atoms with Crippen LogP contribution in [0, 0.1) is 0 Å². The van der Waals surface area contributed by atoms with Crippen molar-refractivity contribution in [2.45, 2.75) is 31.9 Å². The first-order valence-electron chi connectivity index (χ1n) is 8.39. The minimum atomic E-state index is -0.638. The summed E-state index contributed by atoms with van der Waals surface area (Å²) in [5.41, 5.74) is 1.90. The van der Waals surface area contributed by atoms with Crippen LogP contribution in [0.2, 0.25) is 0 Å². The first-order chi connectivity index (χ1) is 11.7. The van der Waals surface area contributed by atoms with Gasteiger partial charge in [0.25, 0.3) is 0 Å². The van der Waals surface area contributed by atoms with Crippen LogP contribution in [-0.2, 0) is 0 Å². The summed E-state index contributed by atoms with van der Waals surface area (Å²) < 4.78 is 10.4. The number of aliphatic hydroxyl groups excluding tert-OH is 1. The van der Waals surface area contributed by atoms with E-state index in [-0.39, 0.29) is 6.04 Å². The van der Waals surface area contributed by atoms with E-state index in [1.807, 2.05) is 48.5 Å². The van der Waals surface area contributed by atoms with E-state index in [1.54, 1.807) is 14.2 Å². The van der Waals surface area contributed by atoms with Gasteiger partial charge in [0.2, 0.25) is 0 Å². The van der Waals surface area contributed by atoms with Gasteiger partial charge in [-0.15, -0.1) is 0 Å². The molecule has 0 bridgehead atoms. The highest BCUT2D eigenvalue weighted by atomic mass is 16.5. The second-order valence-corrected chi connectivity index (χ2v) is 5.78. The highest BCUT2D eigenvalue weighted by molar-refractivity contribution is 5.33. The van der Waals surface area contributed by atoms with Crippen molar-refractivity contribution in [3.63, 3.8) is 0 Å². The van der Waals surface area contributed by atoms with Crippen LogP contribution in [0.5, 0.6) is 11.5 Å². The molecule has 130 valence electrons. The average Bonchev–Trinajstić information content (AvgIpc) is 2.65. The Balaban J connectivity index is 2.21. The van der Waals surface area contributed by atoms with Crippen LogP contribution in [0.3, 0.4) is 0 Å². The van der Waals surface area contributed by atoms with Gasteiger partial charge in [-0.3, -0.25) is 0 Å². The average molecular weight is 329 g/mol. The molecule has 0 unspecified atom stereocenters. The summed E-state index contributed by atoms with van der Waals surface area (Å²) in [7, 11) is 3.29. The van der Waals surface area contributed by atoms with E-state index in [2.05, 4.69) is 12.2 Å². The van der Waals surface area contributed by atoms with Gasteiger partial charge in [0.05, 0.1) is 26.4 Å². The number of nitrogens with one attached hydrogen (secondary N) is 1. The number of rotatable bonds is 9. The molecule has 0 fully saturated rings. The molecule has 4 heteroatoms. The Hall–Kier alpha value is -2.04. The summed E-state index contributed by atoms with van der Waals surface area (Å²) >= 11 is 0. The highest BCUT2D eigenvalue weighted by Crippen LogP contribution is 2.30. The predicted molar refractivity (Wildman–Crippen MR) is 96.6 cm³/mol. The van der Waals surface area contributed by atoms with Crippen LogP contribution in [0.4, 0.5) is 0 Å². The lowest BCUT2D eigenvalue weighted by Gasteiger charge is -2.25. The maximum absolute atomic E-state index is 10.9. The third-order valence-electron chi connectivity index (χ3n) is 4.14. The molecule has 0 aliphatic rings. The molecule has 0 aromatic heterocycles. The summed E-state index contributed by atoms with van der Waals surface area (Å²) in [6, 6.07) is 15.2. The molecule has 4 nitrogen and oxygen atoms in total. The van der Waals surface area contributed by atoms with Gasteiger partial charge >= 0.3 is 0 Å². The van der Waals surface area contributed by atoms with Crippen molar-refractivity contribution in [3.8, 4) is 11.5 Å². The summed E-state index contributed by atoms with van der Waals surface area (Å²) in [5.74, 6) is 1.59. The zero-order chi connectivity index (χ0) is 17.4. The van der Waals surface area contributed by atoms with Crippen LogP contribution in [0.1, 0.15) is 43.0 Å². The van der Waals surface area contributed by atoms with Crippen molar-refractivity contribution < 1.29 is 14.6 Å². The zero-order valence-corrected chi connectivity index (χ0v) is 14.7. The van der Waals surface area contributed by atoms with E-state index in [0.29, 0.717) is 0 Å². The number of hydrogen-bond acceptors (Lipinski definition) is 4. The first kappa shape index (κ1) is 18.3. The van der Waals surface area contributed by atoms with E-state index in [4.69, 9.17) is 9.47 Å². The lowest BCUT2D eigenvalue weighted by atomic mass is 9.95.